The van der Waals surface area contributed by atoms with Gasteiger partial charge in [0.2, 0.25) is 0 Å². The van der Waals surface area contributed by atoms with Gasteiger partial charge in [-0.25, -0.2) is 4.99 Å². The summed E-state index contributed by atoms with van der Waals surface area (Å²) < 4.78 is 11.0. The van der Waals surface area contributed by atoms with Crippen LogP contribution in [0.25, 0.3) is 6.08 Å². The number of rotatable bonds is 6. The Morgan fingerprint density at radius 1 is 0.968 bits per heavy atom. The molecule has 0 N–H and O–H groups in total. The summed E-state index contributed by atoms with van der Waals surface area (Å²) in [6.45, 7) is 2.45. The summed E-state index contributed by atoms with van der Waals surface area (Å²) >= 11 is 1.36. The van der Waals surface area contributed by atoms with E-state index < -0.39 is 0 Å². The second kappa shape index (κ2) is 9.53. The Hall–Kier alpha value is -3.51. The number of aliphatic imine (C=N–C) groups is 1. The average molecular weight is 431 g/mol. The van der Waals surface area contributed by atoms with E-state index in [1.165, 1.54) is 11.8 Å². The first kappa shape index (κ1) is 20.8. The van der Waals surface area contributed by atoms with Crippen molar-refractivity contribution in [2.45, 2.75) is 6.92 Å². The zero-order valence-corrected chi connectivity index (χ0v) is 18.1. The zero-order chi connectivity index (χ0) is 21.6. The lowest BCUT2D eigenvalue weighted by Gasteiger charge is -2.15. The Labute approximate surface area is 186 Å². The molecule has 4 rings (SSSR count). The summed E-state index contributed by atoms with van der Waals surface area (Å²) in [6.07, 6.45) is 1.86. The minimum absolute atomic E-state index is 0.111. The van der Waals surface area contributed by atoms with Gasteiger partial charge in [0.15, 0.2) is 16.7 Å². The molecule has 0 spiro atoms. The average Bonchev–Trinajstić information content (AvgIpc) is 3.10. The van der Waals surface area contributed by atoms with Gasteiger partial charge < -0.3 is 9.47 Å². The Morgan fingerprint density at radius 3 is 2.35 bits per heavy atom. The first-order valence-electron chi connectivity index (χ1n) is 9.93. The van der Waals surface area contributed by atoms with Crippen molar-refractivity contribution in [3.63, 3.8) is 0 Å². The highest BCUT2D eigenvalue weighted by molar-refractivity contribution is 8.19. The van der Waals surface area contributed by atoms with E-state index in [1.807, 2.05) is 91.9 Å². The van der Waals surface area contributed by atoms with Crippen molar-refractivity contribution in [3.05, 3.63) is 89.3 Å². The summed E-state index contributed by atoms with van der Waals surface area (Å²) in [5.74, 6) is 1.19. The third-order valence-electron chi connectivity index (χ3n) is 4.59. The number of carbonyl (C=O) groups excluding carboxylic acids is 1. The molecule has 1 saturated heterocycles. The molecule has 1 aliphatic heterocycles. The van der Waals surface area contributed by atoms with Crippen molar-refractivity contribution in [1.29, 1.82) is 0 Å². The monoisotopic (exact) mass is 430 g/mol. The molecular formula is C25H22N2O3S. The fourth-order valence-corrected chi connectivity index (χ4v) is 4.17. The third-order valence-corrected chi connectivity index (χ3v) is 5.56. The topological polar surface area (TPSA) is 51.1 Å². The number of benzene rings is 3. The van der Waals surface area contributed by atoms with Gasteiger partial charge in [0.05, 0.1) is 30.0 Å². The van der Waals surface area contributed by atoms with E-state index in [4.69, 9.17) is 14.5 Å². The molecule has 3 aromatic carbocycles. The van der Waals surface area contributed by atoms with E-state index >= 15 is 0 Å². The maximum absolute atomic E-state index is 13.3. The number of nitrogens with zero attached hydrogens (tertiary/aromatic N) is 2. The van der Waals surface area contributed by atoms with Crippen molar-refractivity contribution < 1.29 is 14.3 Å². The van der Waals surface area contributed by atoms with Crippen LogP contribution in [-0.2, 0) is 4.79 Å². The highest BCUT2D eigenvalue weighted by Crippen LogP contribution is 2.38. The number of para-hydroxylation sites is 2. The molecule has 5 nitrogen and oxygen atoms in total. The van der Waals surface area contributed by atoms with E-state index in [2.05, 4.69) is 0 Å². The fourth-order valence-electron chi connectivity index (χ4n) is 3.17. The number of thioether (sulfide) groups is 1. The summed E-state index contributed by atoms with van der Waals surface area (Å²) in [6, 6.07) is 24.8. The molecule has 1 aliphatic rings. The fraction of sp³-hybridized carbons (Fsp3) is 0.120. The van der Waals surface area contributed by atoms with Gasteiger partial charge in [-0.05, 0) is 66.7 Å². The number of methoxy groups -OCH3 is 1. The highest BCUT2D eigenvalue weighted by Gasteiger charge is 2.34. The van der Waals surface area contributed by atoms with Crippen LogP contribution in [0.15, 0.2) is 88.8 Å². The van der Waals surface area contributed by atoms with Crippen LogP contribution in [0.3, 0.4) is 0 Å². The molecule has 31 heavy (non-hydrogen) atoms. The van der Waals surface area contributed by atoms with Gasteiger partial charge in [-0.15, -0.1) is 0 Å². The lowest BCUT2D eigenvalue weighted by atomic mass is 10.2. The maximum Gasteiger partial charge on any atom is 0.271 e. The van der Waals surface area contributed by atoms with Crippen LogP contribution in [0, 0.1) is 0 Å². The Morgan fingerprint density at radius 2 is 1.68 bits per heavy atom. The van der Waals surface area contributed by atoms with Crippen molar-refractivity contribution in [2.24, 2.45) is 4.99 Å². The van der Waals surface area contributed by atoms with Crippen LogP contribution < -0.4 is 14.4 Å². The van der Waals surface area contributed by atoms with Crippen LogP contribution in [0.5, 0.6) is 11.5 Å². The number of amides is 1. The molecule has 1 amide bonds. The number of carbonyl (C=O) groups is 1. The lowest BCUT2D eigenvalue weighted by Crippen LogP contribution is -2.28. The van der Waals surface area contributed by atoms with Crippen LogP contribution in [0.2, 0.25) is 0 Å². The first-order valence-corrected chi connectivity index (χ1v) is 10.7. The molecule has 0 unspecified atom stereocenters. The smallest absolute Gasteiger partial charge is 0.271 e. The largest absolute Gasteiger partial charge is 0.493 e. The molecule has 0 aromatic heterocycles. The second-order valence-corrected chi connectivity index (χ2v) is 7.67. The van der Waals surface area contributed by atoms with Crippen LogP contribution >= 0.6 is 11.8 Å². The predicted molar refractivity (Wildman–Crippen MR) is 127 cm³/mol. The highest BCUT2D eigenvalue weighted by atomic mass is 32.2. The zero-order valence-electron chi connectivity index (χ0n) is 17.3. The molecule has 0 bridgehead atoms. The molecule has 1 heterocycles. The van der Waals surface area contributed by atoms with Crippen molar-refractivity contribution in [3.8, 4) is 11.5 Å². The lowest BCUT2D eigenvalue weighted by molar-refractivity contribution is -0.113. The van der Waals surface area contributed by atoms with Crippen LogP contribution in [0.4, 0.5) is 11.4 Å². The molecular weight excluding hydrogens is 408 g/mol. The normalized spacial score (nSPS) is 16.2. The molecule has 0 saturated carbocycles. The van der Waals surface area contributed by atoms with Gasteiger partial charge in [0.25, 0.3) is 5.91 Å². The quantitative estimate of drug-likeness (QED) is 0.457. The minimum atomic E-state index is -0.111. The summed E-state index contributed by atoms with van der Waals surface area (Å²) in [7, 11) is 1.61. The molecule has 6 heteroatoms. The molecule has 0 radical (unpaired) electrons. The van der Waals surface area contributed by atoms with E-state index in [-0.39, 0.29) is 5.91 Å². The van der Waals surface area contributed by atoms with Gasteiger partial charge in [-0.1, -0.05) is 42.5 Å². The Kier molecular flexibility index (Phi) is 6.38. The Balaban J connectivity index is 1.74. The molecule has 0 atom stereocenters. The van der Waals surface area contributed by atoms with E-state index in [9.17, 15) is 4.79 Å². The first-order chi connectivity index (χ1) is 15.2. The number of hydrogen-bond acceptors (Lipinski definition) is 5. The SMILES string of the molecule is CCOc1cc(/C=C2\SC(=Nc3ccccc3)N(c3ccccc3)C2=O)ccc1OC. The number of ether oxygens (including phenoxy) is 2. The summed E-state index contributed by atoms with van der Waals surface area (Å²) in [5, 5.41) is 0.618. The van der Waals surface area contributed by atoms with Crippen molar-refractivity contribution in [2.75, 3.05) is 18.6 Å². The van der Waals surface area contributed by atoms with Gasteiger partial charge in [0, 0.05) is 0 Å². The van der Waals surface area contributed by atoms with Gasteiger partial charge >= 0.3 is 0 Å². The van der Waals surface area contributed by atoms with Gasteiger partial charge in [-0.2, -0.15) is 0 Å². The van der Waals surface area contributed by atoms with Crippen molar-refractivity contribution >= 4 is 40.3 Å². The van der Waals surface area contributed by atoms with E-state index in [0.29, 0.717) is 28.2 Å². The number of hydrogen-bond donors (Lipinski definition) is 0. The molecule has 1 fully saturated rings. The van der Waals surface area contributed by atoms with E-state index in [1.54, 1.807) is 12.0 Å². The molecule has 3 aromatic rings. The summed E-state index contributed by atoms with van der Waals surface area (Å²) in [5.41, 5.74) is 2.43. The predicted octanol–water partition coefficient (Wildman–Crippen LogP) is 5.90. The van der Waals surface area contributed by atoms with Gasteiger partial charge in [-0.3, -0.25) is 9.69 Å². The number of anilines is 1. The Bertz CT molecular complexity index is 1130. The van der Waals surface area contributed by atoms with Crippen LogP contribution in [-0.4, -0.2) is 24.8 Å². The van der Waals surface area contributed by atoms with E-state index in [0.717, 1.165) is 16.9 Å². The van der Waals surface area contributed by atoms with Crippen molar-refractivity contribution in [1.82, 2.24) is 0 Å². The molecule has 0 aliphatic carbocycles. The molecule has 156 valence electrons. The van der Waals surface area contributed by atoms with Crippen LogP contribution in [0.1, 0.15) is 12.5 Å². The minimum Gasteiger partial charge on any atom is -0.493 e. The standard InChI is InChI=1S/C25H22N2O3S/c1-3-30-22-16-18(14-15-21(22)29-2)17-23-24(28)27(20-12-8-5-9-13-20)25(31-23)26-19-10-6-4-7-11-19/h4-17H,3H2,1-2H3/b23-17-,26-25?. The summed E-state index contributed by atoms with van der Waals surface area (Å²) in [4.78, 5) is 20.3. The third kappa shape index (κ3) is 4.64. The second-order valence-electron chi connectivity index (χ2n) is 6.66. The number of amidine groups is 1. The maximum atomic E-state index is 13.3. The van der Waals surface area contributed by atoms with Gasteiger partial charge in [0.1, 0.15) is 0 Å².